The van der Waals surface area contributed by atoms with E-state index in [-0.39, 0.29) is 47.0 Å². The van der Waals surface area contributed by atoms with Crippen LogP contribution in [0.15, 0.2) is 0 Å². The zero-order valence-corrected chi connectivity index (χ0v) is 9.83. The fraction of sp³-hybridized carbons (Fsp3) is 0.400. The Morgan fingerprint density at radius 1 is 1.44 bits per heavy atom. The van der Waals surface area contributed by atoms with Crippen LogP contribution in [-0.4, -0.2) is 28.0 Å². The van der Waals surface area contributed by atoms with Gasteiger partial charge in [-0.05, 0) is 6.92 Å². The Morgan fingerprint density at radius 3 is 2.11 bits per heavy atom. The van der Waals surface area contributed by atoms with Gasteiger partial charge < -0.3 is 40.3 Å². The third-order valence-corrected chi connectivity index (χ3v) is 1.46. The number of rotatable bonds is 0. The van der Waals surface area contributed by atoms with E-state index in [1.165, 1.54) is 0 Å². The van der Waals surface area contributed by atoms with Crippen LogP contribution in [0.1, 0.15) is 10.7 Å². The van der Waals surface area contributed by atoms with Gasteiger partial charge in [-0.2, -0.15) is 5.38 Å². The average molecular weight is 263 g/mol. The third kappa shape index (κ3) is 4.52. The first kappa shape index (κ1) is 12.8. The molecule has 1 rings (SSSR count). The monoisotopic (exact) mass is 263 g/mol. The van der Waals surface area contributed by atoms with Crippen LogP contribution >= 0.6 is 11.3 Å². The van der Waals surface area contributed by atoms with Crippen molar-refractivity contribution in [3.8, 4) is 0 Å². The molecule has 0 N–H and O–H groups in total. The molecule has 0 radical (unpaired) electrons. The second-order valence-electron chi connectivity index (χ2n) is 1.42. The number of aromatic nitrogens is 1. The second-order valence-corrected chi connectivity index (χ2v) is 2.42. The summed E-state index contributed by atoms with van der Waals surface area (Å²) in [5.74, 6) is 0. The minimum atomic E-state index is 0. The quantitative estimate of drug-likeness (QED) is 0.305. The van der Waals surface area contributed by atoms with Crippen LogP contribution in [0, 0.1) is 19.2 Å². The molecule has 0 amide bonds. The number of aryl methyl sites for hydroxylation is 2. The number of nitrogens with zero attached hydrogens (tertiary/aromatic N) is 1. The van der Waals surface area contributed by atoms with Gasteiger partial charge in [-0.25, -0.2) is 0 Å². The van der Waals surface area contributed by atoms with Gasteiger partial charge in [-0.1, -0.05) is 17.6 Å². The molecule has 0 aliphatic heterocycles. The molecule has 0 aliphatic rings. The van der Waals surface area contributed by atoms with Crippen LogP contribution in [0.5, 0.6) is 0 Å². The molecule has 0 unspecified atom stereocenters. The fourth-order valence-corrected chi connectivity index (χ4v) is 0.953. The molecule has 1 aromatic rings. The van der Waals surface area contributed by atoms with Crippen molar-refractivity contribution in [1.82, 2.24) is 4.98 Å². The van der Waals surface area contributed by atoms with Gasteiger partial charge in [0.15, 0.2) is 0 Å². The third-order valence-electron chi connectivity index (χ3n) is 0.672. The Kier molecular flexibility index (Phi) is 8.34. The van der Waals surface area contributed by atoms with E-state index in [0.29, 0.717) is 0 Å². The summed E-state index contributed by atoms with van der Waals surface area (Å²) < 4.78 is 0. The van der Waals surface area contributed by atoms with Crippen LogP contribution in [0.2, 0.25) is 0 Å². The van der Waals surface area contributed by atoms with Gasteiger partial charge >= 0.3 is 23.1 Å². The van der Waals surface area contributed by atoms with Gasteiger partial charge in [0.1, 0.15) is 0 Å². The molecule has 1 heterocycles. The number of hydrogen-bond donors (Lipinski definition) is 0. The molecule has 1 aromatic heterocycles. The molecule has 0 saturated carbocycles. The van der Waals surface area contributed by atoms with Gasteiger partial charge in [-0.3, -0.25) is 0 Å². The van der Waals surface area contributed by atoms with Gasteiger partial charge in [0.25, 0.3) is 0 Å². The van der Waals surface area contributed by atoms with Crippen molar-refractivity contribution >= 4 is 34.4 Å². The van der Waals surface area contributed by atoms with Crippen molar-refractivity contribution in [1.29, 1.82) is 0 Å². The molecule has 0 saturated heterocycles. The first-order valence-corrected chi connectivity index (χ1v) is 2.92. The summed E-state index contributed by atoms with van der Waals surface area (Å²) in [5, 5.41) is 4.09. The van der Waals surface area contributed by atoms with Crippen LogP contribution in [-0.2, 0) is 0 Å². The Bertz CT molecular complexity index is 149. The van der Waals surface area contributed by atoms with E-state index in [2.05, 4.69) is 10.4 Å². The van der Waals surface area contributed by atoms with Crippen LogP contribution in [0.3, 0.4) is 0 Å². The summed E-state index contributed by atoms with van der Waals surface area (Å²) in [4.78, 5) is 4.07. The first-order chi connectivity index (χ1) is 3.29. The summed E-state index contributed by atoms with van der Waals surface area (Å²) in [7, 11) is 0. The van der Waals surface area contributed by atoms with Crippen molar-refractivity contribution in [2.45, 2.75) is 13.8 Å². The zero-order valence-electron chi connectivity index (χ0n) is 5.44. The van der Waals surface area contributed by atoms with E-state index in [0.717, 1.165) is 10.7 Å². The number of hydrogen-bond acceptors (Lipinski definition) is 2. The van der Waals surface area contributed by atoms with Crippen molar-refractivity contribution in [2.75, 3.05) is 0 Å². The summed E-state index contributed by atoms with van der Waals surface area (Å²) in [6.07, 6.45) is 0. The molecule has 46 valence electrons. The molecule has 9 heavy (non-hydrogen) atoms. The molecule has 1 nitrogen and oxygen atoms in total. The van der Waals surface area contributed by atoms with Crippen molar-refractivity contribution in [3.63, 3.8) is 0 Å². The normalized spacial score (nSPS) is 7.33. The molecular formula is C5H6IMgNS. The van der Waals surface area contributed by atoms with Gasteiger partial charge in [-0.15, -0.1) is 0 Å². The Balaban J connectivity index is 0. The van der Waals surface area contributed by atoms with Crippen LogP contribution in [0.25, 0.3) is 0 Å². The molecule has 0 atom stereocenters. The maximum atomic E-state index is 4.07. The molecule has 0 bridgehead atoms. The number of thiazole rings is 1. The Labute approximate surface area is 92.4 Å². The van der Waals surface area contributed by atoms with Gasteiger partial charge in [0.05, 0.1) is 0 Å². The summed E-state index contributed by atoms with van der Waals surface area (Å²) in [6, 6.07) is 0. The summed E-state index contributed by atoms with van der Waals surface area (Å²) in [6.45, 7) is 3.93. The topological polar surface area (TPSA) is 12.9 Å². The standard InChI is InChI=1S/C5H6NS.HI.Mg/c1-4-3-7-5(2)6-4;;/h1-2H3;1H;/q-1;;+2/p-1. The molecule has 0 aromatic carbocycles. The zero-order chi connectivity index (χ0) is 5.28. The van der Waals surface area contributed by atoms with E-state index < -0.39 is 0 Å². The SMILES string of the molecule is Cc1[c-]sc(C)n1.[I-].[Mg+2]. The maximum absolute atomic E-state index is 4.07. The predicted molar refractivity (Wildman–Crippen MR) is 36.2 cm³/mol. The second kappa shape index (κ2) is 5.88. The molecule has 0 fully saturated rings. The minimum Gasteiger partial charge on any atom is -1.00 e. The van der Waals surface area contributed by atoms with E-state index in [1.54, 1.807) is 11.3 Å². The van der Waals surface area contributed by atoms with Gasteiger partial charge in [0.2, 0.25) is 0 Å². The molecule has 4 heteroatoms. The number of halogens is 1. The maximum Gasteiger partial charge on any atom is 2.00 e. The van der Waals surface area contributed by atoms with Crippen LogP contribution in [0.4, 0.5) is 0 Å². The minimum absolute atomic E-state index is 0. The molecule has 0 spiro atoms. The summed E-state index contributed by atoms with van der Waals surface area (Å²) in [5.41, 5.74) is 1.00. The van der Waals surface area contributed by atoms with Crippen molar-refractivity contribution in [3.05, 3.63) is 16.1 Å². The molecular weight excluding hydrogens is 257 g/mol. The largest absolute Gasteiger partial charge is 2.00 e. The van der Waals surface area contributed by atoms with E-state index in [1.807, 2.05) is 13.8 Å². The van der Waals surface area contributed by atoms with Crippen molar-refractivity contribution in [2.24, 2.45) is 0 Å². The average Bonchev–Trinajstić information content (AvgIpc) is 1.87. The molecule has 0 aliphatic carbocycles. The Hall–Kier alpha value is 1.13. The van der Waals surface area contributed by atoms with E-state index in [9.17, 15) is 0 Å². The van der Waals surface area contributed by atoms with Gasteiger partial charge in [0, 0.05) is 0 Å². The van der Waals surface area contributed by atoms with E-state index >= 15 is 0 Å². The smallest absolute Gasteiger partial charge is 1.00 e. The van der Waals surface area contributed by atoms with Crippen molar-refractivity contribution < 1.29 is 24.0 Å². The van der Waals surface area contributed by atoms with E-state index in [4.69, 9.17) is 0 Å². The predicted octanol–water partition coefficient (Wildman–Crippen LogP) is -1.82. The Morgan fingerprint density at radius 2 is 2.00 bits per heavy atom. The fourth-order valence-electron chi connectivity index (χ4n) is 0.430. The first-order valence-electron chi connectivity index (χ1n) is 2.11. The summed E-state index contributed by atoms with van der Waals surface area (Å²) >= 11 is 1.57. The van der Waals surface area contributed by atoms with Crippen LogP contribution < -0.4 is 24.0 Å².